The number of hydrogen-bond acceptors (Lipinski definition) is 2. The van der Waals surface area contributed by atoms with Gasteiger partial charge in [0, 0.05) is 21.7 Å². The lowest BCUT2D eigenvalue weighted by atomic mass is 9.73. The average Bonchev–Trinajstić information content (AvgIpc) is 2.68. The van der Waals surface area contributed by atoms with Gasteiger partial charge in [0.2, 0.25) is 0 Å². The predicted molar refractivity (Wildman–Crippen MR) is 118 cm³/mol. The Balaban J connectivity index is 1.97. The highest BCUT2D eigenvalue weighted by Gasteiger charge is 2.37. The lowest BCUT2D eigenvalue weighted by molar-refractivity contribution is -0.131. The Bertz CT molecular complexity index is 1090. The number of benzene rings is 3. The molecular formula is C24H20BrNO2. The molecule has 0 bridgehead atoms. The van der Waals surface area contributed by atoms with Crippen molar-refractivity contribution in [3.8, 4) is 0 Å². The summed E-state index contributed by atoms with van der Waals surface area (Å²) in [7, 11) is 0. The molecule has 0 unspecified atom stereocenters. The van der Waals surface area contributed by atoms with Gasteiger partial charge in [0.1, 0.15) is 0 Å². The van der Waals surface area contributed by atoms with Crippen LogP contribution in [0.4, 0.5) is 17.1 Å². The van der Waals surface area contributed by atoms with Crippen LogP contribution in [-0.4, -0.2) is 11.1 Å². The summed E-state index contributed by atoms with van der Waals surface area (Å²) in [4.78, 5) is 13.2. The van der Waals surface area contributed by atoms with E-state index < -0.39 is 5.97 Å². The van der Waals surface area contributed by atoms with Crippen LogP contribution in [0.3, 0.4) is 0 Å². The summed E-state index contributed by atoms with van der Waals surface area (Å²) in [5.74, 6) is -0.947. The van der Waals surface area contributed by atoms with E-state index in [-0.39, 0.29) is 5.41 Å². The van der Waals surface area contributed by atoms with Gasteiger partial charge in [0.15, 0.2) is 0 Å². The molecule has 4 heteroatoms. The van der Waals surface area contributed by atoms with Gasteiger partial charge >= 0.3 is 5.97 Å². The van der Waals surface area contributed by atoms with Crippen LogP contribution in [0, 0.1) is 0 Å². The highest BCUT2D eigenvalue weighted by Crippen LogP contribution is 2.52. The molecule has 1 aliphatic rings. The molecule has 0 amide bonds. The zero-order valence-corrected chi connectivity index (χ0v) is 17.3. The van der Waals surface area contributed by atoms with Crippen LogP contribution in [0.5, 0.6) is 0 Å². The minimum atomic E-state index is -0.947. The first-order valence-electron chi connectivity index (χ1n) is 9.08. The zero-order valence-electron chi connectivity index (χ0n) is 15.7. The standard InChI is InChI=1S/C24H20BrNO2/c1-24(2)19-14-16(9-13-23(27)28)8-11-21(19)26(18-6-4-3-5-7-18)22-12-10-17(25)15-20(22)24/h3-15H,1-2H3,(H,27,28)/b13-9+. The van der Waals surface area contributed by atoms with Crippen molar-refractivity contribution in [2.24, 2.45) is 0 Å². The number of carbonyl (C=O) groups is 1. The van der Waals surface area contributed by atoms with Crippen LogP contribution in [0.2, 0.25) is 0 Å². The average molecular weight is 434 g/mol. The molecule has 1 aliphatic heterocycles. The second-order valence-corrected chi connectivity index (χ2v) is 8.32. The lowest BCUT2D eigenvalue weighted by Crippen LogP contribution is -2.30. The molecule has 0 fully saturated rings. The Labute approximate surface area is 173 Å². The molecule has 3 nitrogen and oxygen atoms in total. The molecule has 0 aromatic heterocycles. The molecule has 4 rings (SSSR count). The molecule has 0 spiro atoms. The number of rotatable bonds is 3. The summed E-state index contributed by atoms with van der Waals surface area (Å²) >= 11 is 3.62. The molecule has 28 heavy (non-hydrogen) atoms. The smallest absolute Gasteiger partial charge is 0.328 e. The zero-order chi connectivity index (χ0) is 19.9. The minimum absolute atomic E-state index is 0.229. The van der Waals surface area contributed by atoms with Gasteiger partial charge in [-0.1, -0.05) is 54.0 Å². The number of anilines is 3. The molecule has 0 saturated carbocycles. The first-order valence-corrected chi connectivity index (χ1v) is 9.88. The van der Waals surface area contributed by atoms with E-state index in [1.165, 1.54) is 11.6 Å². The van der Waals surface area contributed by atoms with E-state index >= 15 is 0 Å². The third kappa shape index (κ3) is 3.14. The second-order valence-electron chi connectivity index (χ2n) is 7.41. The molecule has 0 atom stereocenters. The molecule has 0 aliphatic carbocycles. The lowest BCUT2D eigenvalue weighted by Gasteiger charge is -2.42. The number of fused-ring (bicyclic) bond motifs is 2. The van der Waals surface area contributed by atoms with Crippen molar-refractivity contribution < 1.29 is 9.90 Å². The number of hydrogen-bond donors (Lipinski definition) is 1. The monoisotopic (exact) mass is 433 g/mol. The van der Waals surface area contributed by atoms with Crippen molar-refractivity contribution in [2.45, 2.75) is 19.3 Å². The van der Waals surface area contributed by atoms with E-state index in [0.717, 1.165) is 32.7 Å². The van der Waals surface area contributed by atoms with Crippen molar-refractivity contribution in [3.05, 3.63) is 94.0 Å². The Morgan fingerprint density at radius 3 is 2.29 bits per heavy atom. The second kappa shape index (κ2) is 6.95. The van der Waals surface area contributed by atoms with E-state index in [1.54, 1.807) is 6.08 Å². The summed E-state index contributed by atoms with van der Waals surface area (Å²) in [5.41, 5.74) is 6.39. The largest absolute Gasteiger partial charge is 0.478 e. The van der Waals surface area contributed by atoms with Crippen LogP contribution < -0.4 is 4.90 Å². The molecule has 3 aromatic carbocycles. The van der Waals surface area contributed by atoms with E-state index in [2.05, 4.69) is 77.1 Å². The van der Waals surface area contributed by atoms with Crippen molar-refractivity contribution >= 4 is 45.0 Å². The summed E-state index contributed by atoms with van der Waals surface area (Å²) in [6, 6.07) is 22.8. The fraction of sp³-hybridized carbons (Fsp3) is 0.125. The van der Waals surface area contributed by atoms with Gasteiger partial charge in [-0.3, -0.25) is 0 Å². The molecule has 0 saturated heterocycles. The van der Waals surface area contributed by atoms with Crippen molar-refractivity contribution in [3.63, 3.8) is 0 Å². The van der Waals surface area contributed by atoms with Gasteiger partial charge < -0.3 is 10.0 Å². The van der Waals surface area contributed by atoms with E-state index in [4.69, 9.17) is 5.11 Å². The Morgan fingerprint density at radius 1 is 0.964 bits per heavy atom. The van der Waals surface area contributed by atoms with Gasteiger partial charge in [0.05, 0.1) is 11.4 Å². The number of aliphatic carboxylic acids is 1. The van der Waals surface area contributed by atoms with E-state index in [1.807, 2.05) is 24.3 Å². The van der Waals surface area contributed by atoms with Gasteiger partial charge in [-0.05, 0) is 65.2 Å². The molecule has 1 N–H and O–H groups in total. The summed E-state index contributed by atoms with van der Waals surface area (Å²) in [5, 5.41) is 8.97. The number of halogens is 1. The van der Waals surface area contributed by atoms with Crippen molar-refractivity contribution in [1.82, 2.24) is 0 Å². The fourth-order valence-corrected chi connectivity index (χ4v) is 4.22. The summed E-state index contributed by atoms with van der Waals surface area (Å²) in [6.07, 6.45) is 2.82. The van der Waals surface area contributed by atoms with Gasteiger partial charge in [-0.15, -0.1) is 0 Å². The Morgan fingerprint density at radius 2 is 1.61 bits per heavy atom. The SMILES string of the molecule is CC1(C)c2cc(Br)ccc2N(c2ccccc2)c2ccc(/C=C/C(=O)O)cc21. The van der Waals surface area contributed by atoms with Crippen LogP contribution in [0.1, 0.15) is 30.5 Å². The number of nitrogens with zero attached hydrogens (tertiary/aromatic N) is 1. The highest BCUT2D eigenvalue weighted by molar-refractivity contribution is 9.10. The van der Waals surface area contributed by atoms with Crippen LogP contribution in [0.25, 0.3) is 6.08 Å². The number of carboxylic acids is 1. The van der Waals surface area contributed by atoms with Crippen LogP contribution >= 0.6 is 15.9 Å². The minimum Gasteiger partial charge on any atom is -0.478 e. The van der Waals surface area contributed by atoms with Gasteiger partial charge in [0.25, 0.3) is 0 Å². The maximum absolute atomic E-state index is 10.9. The molecule has 140 valence electrons. The maximum atomic E-state index is 10.9. The van der Waals surface area contributed by atoms with Crippen molar-refractivity contribution in [2.75, 3.05) is 4.90 Å². The third-order valence-corrected chi connectivity index (χ3v) is 5.73. The third-order valence-electron chi connectivity index (χ3n) is 5.24. The Hall–Kier alpha value is -2.85. The topological polar surface area (TPSA) is 40.5 Å². The molecule has 0 radical (unpaired) electrons. The maximum Gasteiger partial charge on any atom is 0.328 e. The molecule has 3 aromatic rings. The highest BCUT2D eigenvalue weighted by atomic mass is 79.9. The van der Waals surface area contributed by atoms with Crippen LogP contribution in [0.15, 0.2) is 77.3 Å². The van der Waals surface area contributed by atoms with E-state index in [0.29, 0.717) is 0 Å². The normalized spacial score (nSPS) is 14.6. The predicted octanol–water partition coefficient (Wildman–Crippen LogP) is 6.66. The Kier molecular flexibility index (Phi) is 4.60. The van der Waals surface area contributed by atoms with Crippen molar-refractivity contribution in [1.29, 1.82) is 0 Å². The summed E-state index contributed by atoms with van der Waals surface area (Å²) in [6.45, 7) is 4.42. The fourth-order valence-electron chi connectivity index (χ4n) is 3.85. The van der Waals surface area contributed by atoms with Crippen LogP contribution in [-0.2, 0) is 10.2 Å². The molecule has 1 heterocycles. The number of para-hydroxylation sites is 1. The first kappa shape index (κ1) is 18.5. The quantitative estimate of drug-likeness (QED) is 0.469. The van der Waals surface area contributed by atoms with E-state index in [9.17, 15) is 4.79 Å². The van der Waals surface area contributed by atoms with Gasteiger partial charge in [-0.2, -0.15) is 0 Å². The number of carboxylic acid groups (broad SMARTS) is 1. The first-order chi connectivity index (χ1) is 13.4. The van der Waals surface area contributed by atoms with Gasteiger partial charge in [-0.25, -0.2) is 4.79 Å². The summed E-state index contributed by atoms with van der Waals surface area (Å²) < 4.78 is 1.04. The molecular weight excluding hydrogens is 414 g/mol.